The lowest BCUT2D eigenvalue weighted by atomic mass is 10.1. The van der Waals surface area contributed by atoms with Gasteiger partial charge in [0.05, 0.1) is 0 Å². The summed E-state index contributed by atoms with van der Waals surface area (Å²) in [6, 6.07) is 2.54. The molecule has 1 aromatic heterocycles. The maximum absolute atomic E-state index is 4.49. The lowest BCUT2D eigenvalue weighted by molar-refractivity contribution is 0.602. The smallest absolute Gasteiger partial charge is 0.191 e. The molecule has 0 saturated heterocycles. The molecule has 0 radical (unpaired) electrons. The number of aromatic nitrogens is 2. The highest BCUT2D eigenvalue weighted by Crippen LogP contribution is 2.27. The Morgan fingerprint density at radius 1 is 1.29 bits per heavy atom. The standard InChI is InChI=1S/C12H20N4S/c1-8-4-5-9(6-8)14-11-7-10(13-2)15-12(16-11)17-3/h7-9H,4-6H2,1-3H3,(H2,13,14,15,16). The summed E-state index contributed by atoms with van der Waals surface area (Å²) >= 11 is 1.57. The minimum absolute atomic E-state index is 0.569. The van der Waals surface area contributed by atoms with Gasteiger partial charge in [0.25, 0.3) is 0 Å². The van der Waals surface area contributed by atoms with Gasteiger partial charge in [-0.15, -0.1) is 0 Å². The Bertz CT molecular complexity index is 361. The number of hydrogen-bond donors (Lipinski definition) is 2. The molecule has 0 bridgehead atoms. The molecule has 17 heavy (non-hydrogen) atoms. The first kappa shape index (κ1) is 12.5. The Hall–Kier alpha value is -0.970. The molecule has 2 atom stereocenters. The summed E-state index contributed by atoms with van der Waals surface area (Å²) in [5, 5.41) is 7.40. The molecule has 1 heterocycles. The lowest BCUT2D eigenvalue weighted by Gasteiger charge is -2.14. The maximum Gasteiger partial charge on any atom is 0.191 e. The highest BCUT2D eigenvalue weighted by Gasteiger charge is 2.21. The van der Waals surface area contributed by atoms with E-state index in [4.69, 9.17) is 0 Å². The van der Waals surface area contributed by atoms with Crippen LogP contribution in [0.4, 0.5) is 11.6 Å². The summed E-state index contributed by atoms with van der Waals surface area (Å²) in [5.41, 5.74) is 0. The Morgan fingerprint density at radius 2 is 2.06 bits per heavy atom. The molecule has 2 unspecified atom stereocenters. The molecular formula is C12H20N4S. The first-order valence-electron chi connectivity index (χ1n) is 6.08. The average molecular weight is 252 g/mol. The minimum Gasteiger partial charge on any atom is -0.373 e. The van der Waals surface area contributed by atoms with Crippen LogP contribution in [0.15, 0.2) is 11.2 Å². The van der Waals surface area contributed by atoms with Crippen LogP contribution >= 0.6 is 11.8 Å². The van der Waals surface area contributed by atoms with Crippen LogP contribution in [0.2, 0.25) is 0 Å². The summed E-state index contributed by atoms with van der Waals surface area (Å²) in [6.07, 6.45) is 5.80. The second-order valence-electron chi connectivity index (χ2n) is 4.63. The number of hydrogen-bond acceptors (Lipinski definition) is 5. The van der Waals surface area contributed by atoms with Crippen molar-refractivity contribution in [3.05, 3.63) is 6.07 Å². The van der Waals surface area contributed by atoms with Crippen molar-refractivity contribution in [2.24, 2.45) is 5.92 Å². The van der Waals surface area contributed by atoms with Crippen molar-refractivity contribution in [3.63, 3.8) is 0 Å². The third-order valence-electron chi connectivity index (χ3n) is 3.19. The van der Waals surface area contributed by atoms with E-state index in [1.54, 1.807) is 11.8 Å². The molecule has 5 heteroatoms. The Balaban J connectivity index is 2.09. The number of anilines is 2. The normalized spacial score (nSPS) is 23.7. The molecule has 94 valence electrons. The number of rotatable bonds is 4. The number of nitrogens with one attached hydrogen (secondary N) is 2. The Labute approximate surface area is 107 Å². The predicted octanol–water partition coefficient (Wildman–Crippen LogP) is 2.84. The minimum atomic E-state index is 0.569. The predicted molar refractivity (Wildman–Crippen MR) is 73.8 cm³/mol. The van der Waals surface area contributed by atoms with Gasteiger partial charge >= 0.3 is 0 Å². The van der Waals surface area contributed by atoms with E-state index >= 15 is 0 Å². The highest BCUT2D eigenvalue weighted by molar-refractivity contribution is 7.98. The molecule has 2 rings (SSSR count). The fourth-order valence-corrected chi connectivity index (χ4v) is 2.65. The molecule has 0 aliphatic heterocycles. The van der Waals surface area contributed by atoms with Gasteiger partial charge < -0.3 is 10.6 Å². The molecule has 4 nitrogen and oxygen atoms in total. The van der Waals surface area contributed by atoms with Crippen molar-refractivity contribution in [3.8, 4) is 0 Å². The van der Waals surface area contributed by atoms with Crippen molar-refractivity contribution >= 4 is 23.4 Å². The molecule has 1 aliphatic rings. The third kappa shape index (κ3) is 3.25. The molecule has 1 aromatic rings. The molecule has 2 N–H and O–H groups in total. The summed E-state index contributed by atoms with van der Waals surface area (Å²) < 4.78 is 0. The van der Waals surface area contributed by atoms with Crippen LogP contribution in [0.5, 0.6) is 0 Å². The van der Waals surface area contributed by atoms with Gasteiger partial charge in [0, 0.05) is 19.2 Å². The van der Waals surface area contributed by atoms with E-state index in [9.17, 15) is 0 Å². The van der Waals surface area contributed by atoms with E-state index in [1.807, 2.05) is 19.4 Å². The third-order valence-corrected chi connectivity index (χ3v) is 3.74. The number of thioether (sulfide) groups is 1. The lowest BCUT2D eigenvalue weighted by Crippen LogP contribution is -2.16. The largest absolute Gasteiger partial charge is 0.373 e. The van der Waals surface area contributed by atoms with Gasteiger partial charge in [0.2, 0.25) is 0 Å². The van der Waals surface area contributed by atoms with Crippen LogP contribution in [0.3, 0.4) is 0 Å². The van der Waals surface area contributed by atoms with Gasteiger partial charge in [0.1, 0.15) is 11.6 Å². The zero-order chi connectivity index (χ0) is 12.3. The monoisotopic (exact) mass is 252 g/mol. The fourth-order valence-electron chi connectivity index (χ4n) is 2.27. The SMILES string of the molecule is CNc1cc(NC2CCC(C)C2)nc(SC)n1. The fraction of sp³-hybridized carbons (Fsp3) is 0.667. The van der Waals surface area contributed by atoms with E-state index in [2.05, 4.69) is 27.5 Å². The van der Waals surface area contributed by atoms with Crippen LogP contribution < -0.4 is 10.6 Å². The molecule has 1 saturated carbocycles. The van der Waals surface area contributed by atoms with Crippen molar-refractivity contribution in [2.45, 2.75) is 37.4 Å². The Morgan fingerprint density at radius 3 is 2.65 bits per heavy atom. The van der Waals surface area contributed by atoms with E-state index < -0.39 is 0 Å². The first-order chi connectivity index (χ1) is 8.21. The van der Waals surface area contributed by atoms with Gasteiger partial charge in [-0.1, -0.05) is 18.7 Å². The summed E-state index contributed by atoms with van der Waals surface area (Å²) in [7, 11) is 1.88. The quantitative estimate of drug-likeness (QED) is 0.637. The second kappa shape index (κ2) is 5.58. The summed E-state index contributed by atoms with van der Waals surface area (Å²) in [5.74, 6) is 2.64. The van der Waals surface area contributed by atoms with E-state index in [0.29, 0.717) is 6.04 Å². The van der Waals surface area contributed by atoms with Crippen LogP contribution in [-0.2, 0) is 0 Å². The zero-order valence-electron chi connectivity index (χ0n) is 10.7. The van der Waals surface area contributed by atoms with Crippen LogP contribution in [0, 0.1) is 5.92 Å². The van der Waals surface area contributed by atoms with Crippen LogP contribution in [0.25, 0.3) is 0 Å². The van der Waals surface area contributed by atoms with Gasteiger partial charge in [-0.2, -0.15) is 0 Å². The van der Waals surface area contributed by atoms with Gasteiger partial charge in [-0.25, -0.2) is 9.97 Å². The molecule has 0 aromatic carbocycles. The van der Waals surface area contributed by atoms with Gasteiger partial charge in [-0.3, -0.25) is 0 Å². The molecule has 1 aliphatic carbocycles. The molecule has 0 spiro atoms. The highest BCUT2D eigenvalue weighted by atomic mass is 32.2. The Kier molecular flexibility index (Phi) is 4.10. The molecule has 1 fully saturated rings. The van der Waals surface area contributed by atoms with E-state index in [1.165, 1.54) is 19.3 Å². The van der Waals surface area contributed by atoms with Crippen molar-refractivity contribution in [1.82, 2.24) is 9.97 Å². The average Bonchev–Trinajstić information content (AvgIpc) is 2.74. The van der Waals surface area contributed by atoms with Crippen molar-refractivity contribution in [1.29, 1.82) is 0 Å². The molecule has 0 amide bonds. The van der Waals surface area contributed by atoms with E-state index in [0.717, 1.165) is 22.7 Å². The van der Waals surface area contributed by atoms with E-state index in [-0.39, 0.29) is 0 Å². The van der Waals surface area contributed by atoms with Crippen molar-refractivity contribution < 1.29 is 0 Å². The zero-order valence-corrected chi connectivity index (χ0v) is 11.5. The first-order valence-corrected chi connectivity index (χ1v) is 7.31. The van der Waals surface area contributed by atoms with Gasteiger partial charge in [0.15, 0.2) is 5.16 Å². The van der Waals surface area contributed by atoms with Crippen LogP contribution in [0.1, 0.15) is 26.2 Å². The number of nitrogens with zero attached hydrogens (tertiary/aromatic N) is 2. The topological polar surface area (TPSA) is 49.8 Å². The van der Waals surface area contributed by atoms with Gasteiger partial charge in [-0.05, 0) is 31.4 Å². The summed E-state index contributed by atoms with van der Waals surface area (Å²) in [6.45, 7) is 2.31. The van der Waals surface area contributed by atoms with Crippen LogP contribution in [-0.4, -0.2) is 29.3 Å². The molecular weight excluding hydrogens is 232 g/mol. The summed E-state index contributed by atoms with van der Waals surface area (Å²) in [4.78, 5) is 8.85. The second-order valence-corrected chi connectivity index (χ2v) is 5.41. The van der Waals surface area contributed by atoms with Crippen molar-refractivity contribution in [2.75, 3.05) is 23.9 Å². The maximum atomic E-state index is 4.49.